The molecule has 0 aliphatic carbocycles. The van der Waals surface area contributed by atoms with Gasteiger partial charge in [-0.05, 0) is 35.8 Å². The fraction of sp³-hybridized carbons (Fsp3) is 0.538. The molecular weight excluding hydrogens is 274 g/mol. The first-order chi connectivity index (χ1) is 10.2. The van der Waals surface area contributed by atoms with Crippen LogP contribution in [0.25, 0.3) is 11.0 Å². The van der Waals surface area contributed by atoms with Crippen molar-refractivity contribution in [3.05, 3.63) is 22.2 Å². The molecule has 1 aromatic carbocycles. The first-order valence-electron chi connectivity index (χ1n) is 7.09. The van der Waals surface area contributed by atoms with Gasteiger partial charge >= 0.3 is 5.69 Å². The standard InChI is InChI=1S/C13H17N5O3/c1-2-7-17(9-5-6-14-8-9)10-3-4-11(18(19)20)13-12(10)15-21-16-13/h3-4,9,14H,2,5-8H2,1H3. The average molecular weight is 291 g/mol. The number of nitrogens with zero attached hydrogens (tertiary/aromatic N) is 4. The van der Waals surface area contributed by atoms with E-state index < -0.39 is 4.92 Å². The summed E-state index contributed by atoms with van der Waals surface area (Å²) >= 11 is 0. The normalized spacial score (nSPS) is 18.2. The zero-order valence-electron chi connectivity index (χ0n) is 11.8. The van der Waals surface area contributed by atoms with Gasteiger partial charge in [0, 0.05) is 25.2 Å². The van der Waals surface area contributed by atoms with E-state index in [4.69, 9.17) is 4.63 Å². The van der Waals surface area contributed by atoms with Crippen molar-refractivity contribution in [1.29, 1.82) is 0 Å². The molecule has 1 unspecified atom stereocenters. The van der Waals surface area contributed by atoms with Gasteiger partial charge in [-0.1, -0.05) is 6.92 Å². The summed E-state index contributed by atoms with van der Waals surface area (Å²) in [4.78, 5) is 12.8. The predicted octanol–water partition coefficient (Wildman–Crippen LogP) is 1.71. The molecule has 1 saturated heterocycles. The molecule has 1 N–H and O–H groups in total. The molecule has 2 heterocycles. The quantitative estimate of drug-likeness (QED) is 0.661. The Morgan fingerprint density at radius 3 is 2.95 bits per heavy atom. The van der Waals surface area contributed by atoms with E-state index >= 15 is 0 Å². The van der Waals surface area contributed by atoms with Crippen molar-refractivity contribution in [3.8, 4) is 0 Å². The summed E-state index contributed by atoms with van der Waals surface area (Å²) in [6, 6.07) is 3.59. The van der Waals surface area contributed by atoms with Gasteiger partial charge < -0.3 is 10.2 Å². The van der Waals surface area contributed by atoms with Gasteiger partial charge in [-0.2, -0.15) is 0 Å². The van der Waals surface area contributed by atoms with Gasteiger partial charge in [0.2, 0.25) is 5.52 Å². The van der Waals surface area contributed by atoms with Gasteiger partial charge in [0.15, 0.2) is 5.52 Å². The van der Waals surface area contributed by atoms with Crippen LogP contribution in [-0.4, -0.2) is 40.9 Å². The number of hydrogen-bond acceptors (Lipinski definition) is 7. The van der Waals surface area contributed by atoms with Crippen LogP contribution < -0.4 is 10.2 Å². The van der Waals surface area contributed by atoms with Crippen LogP contribution in [0.4, 0.5) is 11.4 Å². The molecule has 3 rings (SSSR count). The maximum Gasteiger partial charge on any atom is 0.300 e. The Labute approximate surface area is 121 Å². The van der Waals surface area contributed by atoms with Crippen molar-refractivity contribution in [2.75, 3.05) is 24.5 Å². The second-order valence-corrected chi connectivity index (χ2v) is 5.16. The molecule has 1 aromatic heterocycles. The highest BCUT2D eigenvalue weighted by Crippen LogP contribution is 2.33. The zero-order chi connectivity index (χ0) is 14.8. The van der Waals surface area contributed by atoms with E-state index in [0.717, 1.165) is 38.2 Å². The smallest absolute Gasteiger partial charge is 0.300 e. The van der Waals surface area contributed by atoms with Crippen molar-refractivity contribution in [2.45, 2.75) is 25.8 Å². The second-order valence-electron chi connectivity index (χ2n) is 5.16. The van der Waals surface area contributed by atoms with E-state index in [1.165, 1.54) is 6.07 Å². The fourth-order valence-electron chi connectivity index (χ4n) is 2.87. The van der Waals surface area contributed by atoms with E-state index in [1.807, 2.05) is 0 Å². The fourth-order valence-corrected chi connectivity index (χ4v) is 2.87. The minimum absolute atomic E-state index is 0.0732. The van der Waals surface area contributed by atoms with E-state index in [-0.39, 0.29) is 11.2 Å². The number of hydrogen-bond donors (Lipinski definition) is 1. The van der Waals surface area contributed by atoms with Crippen LogP contribution in [0.5, 0.6) is 0 Å². The maximum atomic E-state index is 11.0. The maximum absolute atomic E-state index is 11.0. The summed E-state index contributed by atoms with van der Waals surface area (Å²) in [7, 11) is 0. The van der Waals surface area contributed by atoms with E-state index in [1.54, 1.807) is 6.07 Å². The lowest BCUT2D eigenvalue weighted by atomic mass is 10.1. The third-order valence-electron chi connectivity index (χ3n) is 3.82. The predicted molar refractivity (Wildman–Crippen MR) is 77.4 cm³/mol. The summed E-state index contributed by atoms with van der Waals surface area (Å²) in [6.07, 6.45) is 2.03. The summed E-state index contributed by atoms with van der Waals surface area (Å²) in [5, 5.41) is 22.0. The molecule has 0 saturated carbocycles. The molecule has 21 heavy (non-hydrogen) atoms. The summed E-state index contributed by atoms with van der Waals surface area (Å²) in [6.45, 7) is 4.87. The Kier molecular flexibility index (Phi) is 3.70. The molecular formula is C13H17N5O3. The third kappa shape index (κ3) is 2.42. The topological polar surface area (TPSA) is 97.3 Å². The molecule has 1 fully saturated rings. The van der Waals surface area contributed by atoms with E-state index in [9.17, 15) is 10.1 Å². The van der Waals surface area contributed by atoms with Crippen LogP contribution >= 0.6 is 0 Å². The molecule has 112 valence electrons. The number of nitrogens with one attached hydrogen (secondary N) is 1. The third-order valence-corrected chi connectivity index (χ3v) is 3.82. The lowest BCUT2D eigenvalue weighted by molar-refractivity contribution is -0.383. The highest BCUT2D eigenvalue weighted by molar-refractivity contribution is 5.94. The van der Waals surface area contributed by atoms with Crippen LogP contribution in [0.2, 0.25) is 0 Å². The number of rotatable bonds is 5. The van der Waals surface area contributed by atoms with Gasteiger partial charge in [0.25, 0.3) is 0 Å². The number of nitro benzene ring substituents is 1. The first-order valence-corrected chi connectivity index (χ1v) is 7.09. The Bertz CT molecular complexity index is 650. The van der Waals surface area contributed by atoms with Crippen LogP contribution in [0.15, 0.2) is 16.8 Å². The van der Waals surface area contributed by atoms with Gasteiger partial charge in [-0.25, -0.2) is 4.63 Å². The SMILES string of the molecule is CCCN(c1ccc([N+](=O)[O-])c2nonc12)C1CCNC1. The monoisotopic (exact) mass is 291 g/mol. The zero-order valence-corrected chi connectivity index (χ0v) is 11.8. The van der Waals surface area contributed by atoms with Gasteiger partial charge in [-0.15, -0.1) is 0 Å². The Hall–Kier alpha value is -2.22. The molecule has 0 spiro atoms. The van der Waals surface area contributed by atoms with Crippen molar-refractivity contribution in [2.24, 2.45) is 0 Å². The minimum Gasteiger partial charge on any atom is -0.365 e. The number of anilines is 1. The summed E-state index contributed by atoms with van der Waals surface area (Å²) in [5.41, 5.74) is 1.46. The highest BCUT2D eigenvalue weighted by Gasteiger charge is 2.27. The Balaban J connectivity index is 2.07. The highest BCUT2D eigenvalue weighted by atomic mass is 16.6. The molecule has 1 aliphatic rings. The second kappa shape index (κ2) is 5.65. The molecule has 8 heteroatoms. The van der Waals surface area contributed by atoms with Gasteiger partial charge in [0.05, 0.1) is 10.6 Å². The van der Waals surface area contributed by atoms with E-state index in [2.05, 4.69) is 27.5 Å². The van der Waals surface area contributed by atoms with Crippen LogP contribution in [0.3, 0.4) is 0 Å². The van der Waals surface area contributed by atoms with Crippen molar-refractivity contribution >= 4 is 22.4 Å². The molecule has 1 atom stereocenters. The largest absolute Gasteiger partial charge is 0.365 e. The van der Waals surface area contributed by atoms with Crippen LogP contribution in [0, 0.1) is 10.1 Å². The van der Waals surface area contributed by atoms with Crippen LogP contribution in [-0.2, 0) is 0 Å². The number of nitro groups is 1. The number of benzene rings is 1. The van der Waals surface area contributed by atoms with Crippen molar-refractivity contribution in [3.63, 3.8) is 0 Å². The van der Waals surface area contributed by atoms with E-state index in [0.29, 0.717) is 11.6 Å². The average Bonchev–Trinajstić information content (AvgIpc) is 3.14. The molecule has 1 aliphatic heterocycles. The molecule has 2 aromatic rings. The number of non-ortho nitro benzene ring substituents is 1. The summed E-state index contributed by atoms with van der Waals surface area (Å²) < 4.78 is 4.74. The Morgan fingerprint density at radius 2 is 2.29 bits per heavy atom. The summed E-state index contributed by atoms with van der Waals surface area (Å²) in [5.74, 6) is 0. The lowest BCUT2D eigenvalue weighted by Crippen LogP contribution is -2.37. The van der Waals surface area contributed by atoms with Crippen molar-refractivity contribution in [1.82, 2.24) is 15.6 Å². The molecule has 0 bridgehead atoms. The first kappa shape index (κ1) is 13.7. The Morgan fingerprint density at radius 1 is 1.48 bits per heavy atom. The lowest BCUT2D eigenvalue weighted by Gasteiger charge is -2.30. The molecule has 8 nitrogen and oxygen atoms in total. The van der Waals surface area contributed by atoms with Gasteiger partial charge in [-0.3, -0.25) is 10.1 Å². The minimum atomic E-state index is -0.461. The van der Waals surface area contributed by atoms with Gasteiger partial charge in [0.1, 0.15) is 0 Å². The molecule has 0 amide bonds. The van der Waals surface area contributed by atoms with Crippen LogP contribution in [0.1, 0.15) is 19.8 Å². The molecule has 0 radical (unpaired) electrons. The number of aromatic nitrogens is 2. The number of fused-ring (bicyclic) bond motifs is 1. The van der Waals surface area contributed by atoms with Crippen molar-refractivity contribution < 1.29 is 9.55 Å².